The van der Waals surface area contributed by atoms with Crippen molar-refractivity contribution in [2.24, 2.45) is 0 Å². The van der Waals surface area contributed by atoms with Gasteiger partial charge in [0, 0.05) is 11.1 Å². The highest BCUT2D eigenvalue weighted by molar-refractivity contribution is 8.00. The molecule has 0 saturated carbocycles. The number of aromatic amines is 1. The molecular weight excluding hydrogens is 330 g/mol. The second-order valence-electron chi connectivity index (χ2n) is 4.86. The average Bonchev–Trinajstić information content (AvgIpc) is 3.15. The molecule has 0 aliphatic heterocycles. The van der Waals surface area contributed by atoms with Crippen molar-refractivity contribution in [3.8, 4) is 5.69 Å². The zero-order chi connectivity index (χ0) is 15.8. The molecule has 23 heavy (non-hydrogen) atoms. The first-order chi connectivity index (χ1) is 11.2. The van der Waals surface area contributed by atoms with Gasteiger partial charge in [-0.2, -0.15) is 5.10 Å². The number of thiazole rings is 1. The predicted octanol–water partition coefficient (Wildman–Crippen LogP) is 3.02. The summed E-state index contributed by atoms with van der Waals surface area (Å²) in [6.45, 7) is 1.93. The third-order valence-corrected chi connectivity index (χ3v) is 5.14. The van der Waals surface area contributed by atoms with Crippen molar-refractivity contribution in [3.05, 3.63) is 58.0 Å². The fourth-order valence-corrected chi connectivity index (χ4v) is 3.89. The van der Waals surface area contributed by atoms with Crippen molar-refractivity contribution < 1.29 is 0 Å². The smallest absolute Gasteiger partial charge is 0.262 e. The van der Waals surface area contributed by atoms with Crippen LogP contribution in [-0.2, 0) is 0 Å². The summed E-state index contributed by atoms with van der Waals surface area (Å²) in [6.07, 6.45) is 1.54. The molecule has 0 aliphatic carbocycles. The van der Waals surface area contributed by atoms with Gasteiger partial charge in [-0.1, -0.05) is 18.2 Å². The Morgan fingerprint density at radius 1 is 1.22 bits per heavy atom. The van der Waals surface area contributed by atoms with Gasteiger partial charge in [-0.15, -0.1) is 11.3 Å². The molecule has 3 aromatic heterocycles. The van der Waals surface area contributed by atoms with Crippen LogP contribution in [0.5, 0.6) is 0 Å². The minimum atomic E-state index is -0.201. The van der Waals surface area contributed by atoms with Crippen molar-refractivity contribution in [2.75, 3.05) is 0 Å². The van der Waals surface area contributed by atoms with E-state index in [1.807, 2.05) is 42.6 Å². The van der Waals surface area contributed by atoms with Gasteiger partial charge in [0.1, 0.15) is 5.39 Å². The molecule has 0 amide bonds. The number of nitrogens with one attached hydrogen (secondary N) is 1. The monoisotopic (exact) mass is 341 g/mol. The third-order valence-electron chi connectivity index (χ3n) is 3.20. The van der Waals surface area contributed by atoms with Crippen LogP contribution in [0.3, 0.4) is 0 Å². The quantitative estimate of drug-likeness (QED) is 0.580. The van der Waals surface area contributed by atoms with Crippen LogP contribution in [0.25, 0.3) is 16.7 Å². The molecule has 0 bridgehead atoms. The molecule has 114 valence electrons. The van der Waals surface area contributed by atoms with Gasteiger partial charge in [0.05, 0.1) is 11.9 Å². The average molecular weight is 341 g/mol. The van der Waals surface area contributed by atoms with E-state index in [1.165, 1.54) is 29.3 Å². The fourth-order valence-electron chi connectivity index (χ4n) is 2.17. The lowest BCUT2D eigenvalue weighted by molar-refractivity contribution is 0.872. The zero-order valence-corrected chi connectivity index (χ0v) is 13.7. The summed E-state index contributed by atoms with van der Waals surface area (Å²) in [5, 5.41) is 7.23. The van der Waals surface area contributed by atoms with Gasteiger partial charge in [-0.25, -0.2) is 14.6 Å². The van der Waals surface area contributed by atoms with Crippen LogP contribution in [-0.4, -0.2) is 24.7 Å². The topological polar surface area (TPSA) is 76.5 Å². The second-order valence-corrected chi connectivity index (χ2v) is 6.95. The molecule has 6 nitrogen and oxygen atoms in total. The highest BCUT2D eigenvalue weighted by Gasteiger charge is 2.13. The maximum absolute atomic E-state index is 12.3. The van der Waals surface area contributed by atoms with E-state index in [9.17, 15) is 4.79 Å². The Labute approximate surface area is 139 Å². The number of nitrogens with zero attached hydrogens (tertiary/aromatic N) is 4. The summed E-state index contributed by atoms with van der Waals surface area (Å²) in [6, 6.07) is 9.62. The van der Waals surface area contributed by atoms with Crippen LogP contribution in [0.15, 0.2) is 56.2 Å². The van der Waals surface area contributed by atoms with Crippen LogP contribution in [0, 0.1) is 6.92 Å². The molecule has 0 fully saturated rings. The van der Waals surface area contributed by atoms with E-state index in [4.69, 9.17) is 0 Å². The van der Waals surface area contributed by atoms with Gasteiger partial charge < -0.3 is 4.98 Å². The number of hydrogen-bond donors (Lipinski definition) is 1. The number of benzene rings is 1. The molecule has 3 heterocycles. The Bertz CT molecular complexity index is 1030. The molecule has 4 rings (SSSR count). The summed E-state index contributed by atoms with van der Waals surface area (Å²) in [7, 11) is 0. The summed E-state index contributed by atoms with van der Waals surface area (Å²) < 4.78 is 2.51. The number of aryl methyl sites for hydroxylation is 1. The van der Waals surface area contributed by atoms with Crippen molar-refractivity contribution in [2.45, 2.75) is 16.4 Å². The van der Waals surface area contributed by atoms with E-state index in [0.29, 0.717) is 16.2 Å². The van der Waals surface area contributed by atoms with Crippen molar-refractivity contribution in [3.63, 3.8) is 0 Å². The third kappa shape index (κ3) is 2.66. The minimum absolute atomic E-state index is 0.201. The Balaban J connectivity index is 1.83. The van der Waals surface area contributed by atoms with E-state index >= 15 is 0 Å². The molecule has 0 radical (unpaired) electrons. The number of H-pyrrole nitrogens is 1. The Morgan fingerprint density at radius 3 is 2.78 bits per heavy atom. The number of fused-ring (bicyclic) bond motifs is 1. The number of aromatic nitrogens is 5. The minimum Gasteiger partial charge on any atom is -0.300 e. The summed E-state index contributed by atoms with van der Waals surface area (Å²) >= 11 is 2.87. The molecule has 0 spiro atoms. The molecule has 4 aromatic rings. The lowest BCUT2D eigenvalue weighted by Gasteiger charge is -2.03. The van der Waals surface area contributed by atoms with E-state index < -0.39 is 0 Å². The number of para-hydroxylation sites is 1. The van der Waals surface area contributed by atoms with Crippen molar-refractivity contribution in [1.29, 1.82) is 0 Å². The SMILES string of the molecule is Cc1csc(Sc2nc3c(cnn3-c3ccccc3)c(=O)[nH]2)n1. The first-order valence-electron chi connectivity index (χ1n) is 6.84. The Morgan fingerprint density at radius 2 is 2.04 bits per heavy atom. The normalized spacial score (nSPS) is 11.2. The highest BCUT2D eigenvalue weighted by Crippen LogP contribution is 2.28. The van der Waals surface area contributed by atoms with Gasteiger partial charge in [0.15, 0.2) is 15.1 Å². The molecule has 8 heteroatoms. The molecule has 0 aliphatic rings. The van der Waals surface area contributed by atoms with E-state index in [2.05, 4.69) is 20.1 Å². The number of rotatable bonds is 3. The van der Waals surface area contributed by atoms with Gasteiger partial charge >= 0.3 is 0 Å². The second kappa shape index (κ2) is 5.64. The molecule has 1 aromatic carbocycles. The summed E-state index contributed by atoms with van der Waals surface area (Å²) in [5.74, 6) is 0. The van der Waals surface area contributed by atoms with Crippen LogP contribution in [0.1, 0.15) is 5.69 Å². The molecular formula is C15H11N5OS2. The maximum atomic E-state index is 12.3. The van der Waals surface area contributed by atoms with E-state index in [1.54, 1.807) is 4.68 Å². The van der Waals surface area contributed by atoms with E-state index in [-0.39, 0.29) is 5.56 Å². The van der Waals surface area contributed by atoms with Gasteiger partial charge in [0.2, 0.25) is 0 Å². The molecule has 1 N–H and O–H groups in total. The zero-order valence-electron chi connectivity index (χ0n) is 12.1. The highest BCUT2D eigenvalue weighted by atomic mass is 32.2. The molecule has 0 atom stereocenters. The van der Waals surface area contributed by atoms with Crippen molar-refractivity contribution in [1.82, 2.24) is 24.7 Å². The van der Waals surface area contributed by atoms with Crippen LogP contribution in [0.4, 0.5) is 0 Å². The first kappa shape index (κ1) is 14.2. The predicted molar refractivity (Wildman–Crippen MR) is 90.5 cm³/mol. The van der Waals surface area contributed by atoms with Crippen LogP contribution in [0.2, 0.25) is 0 Å². The Kier molecular flexibility index (Phi) is 3.47. The lowest BCUT2D eigenvalue weighted by atomic mass is 10.3. The maximum Gasteiger partial charge on any atom is 0.262 e. The van der Waals surface area contributed by atoms with Gasteiger partial charge in [-0.3, -0.25) is 4.79 Å². The first-order valence-corrected chi connectivity index (χ1v) is 8.54. The summed E-state index contributed by atoms with van der Waals surface area (Å²) in [5.41, 5.74) is 2.15. The van der Waals surface area contributed by atoms with Gasteiger partial charge in [-0.05, 0) is 30.8 Å². The molecule has 0 unspecified atom stereocenters. The Hall–Kier alpha value is -2.45. The van der Waals surface area contributed by atoms with Crippen molar-refractivity contribution >= 4 is 34.1 Å². The van der Waals surface area contributed by atoms with Crippen LogP contribution >= 0.6 is 23.1 Å². The van der Waals surface area contributed by atoms with Gasteiger partial charge in [0.25, 0.3) is 5.56 Å². The van der Waals surface area contributed by atoms with Crippen LogP contribution < -0.4 is 5.56 Å². The van der Waals surface area contributed by atoms with E-state index in [0.717, 1.165) is 15.7 Å². The fraction of sp³-hybridized carbons (Fsp3) is 0.0667. The number of hydrogen-bond acceptors (Lipinski definition) is 6. The lowest BCUT2D eigenvalue weighted by Crippen LogP contribution is -2.09. The summed E-state index contributed by atoms with van der Waals surface area (Å²) in [4.78, 5) is 24.0. The largest absolute Gasteiger partial charge is 0.300 e. The standard InChI is InChI=1S/C15H11N5OS2/c1-9-8-22-15(17-9)23-14-18-12-11(13(21)19-14)7-16-20(12)10-5-3-2-4-6-10/h2-8H,1H3,(H,18,19,21). The molecule has 0 saturated heterocycles.